The molecule has 2 heterocycles. The number of para-hydroxylation sites is 1. The fourth-order valence-electron chi connectivity index (χ4n) is 3.82. The molecule has 0 bridgehead atoms. The Morgan fingerprint density at radius 1 is 1.26 bits per heavy atom. The Balaban J connectivity index is 1.66. The van der Waals surface area contributed by atoms with Crippen LogP contribution < -0.4 is 10.6 Å². The monoisotopic (exact) mass is 315 g/mol. The van der Waals surface area contributed by atoms with E-state index in [-0.39, 0.29) is 11.8 Å². The first kappa shape index (κ1) is 15.8. The number of carbonyl (C=O) groups excluding carboxylic acids is 2. The van der Waals surface area contributed by atoms with Crippen molar-refractivity contribution in [3.05, 3.63) is 29.8 Å². The highest BCUT2D eigenvalue weighted by Gasteiger charge is 2.33. The molecule has 23 heavy (non-hydrogen) atoms. The molecule has 1 fully saturated rings. The molecule has 124 valence electrons. The van der Waals surface area contributed by atoms with Crippen LogP contribution in [0.5, 0.6) is 0 Å². The van der Waals surface area contributed by atoms with Gasteiger partial charge < -0.3 is 15.5 Å². The Hall–Kier alpha value is -2.04. The van der Waals surface area contributed by atoms with Crippen LogP contribution in [-0.2, 0) is 16.0 Å². The molecule has 2 aliphatic heterocycles. The number of carbonyl (C=O) groups is 2. The highest BCUT2D eigenvalue weighted by molar-refractivity contribution is 5.87. The summed E-state index contributed by atoms with van der Waals surface area (Å²) in [6.07, 6.45) is 4.20. The third-order valence-corrected chi connectivity index (χ3v) is 5.13. The van der Waals surface area contributed by atoms with Crippen molar-refractivity contribution in [2.45, 2.75) is 51.1 Å². The summed E-state index contributed by atoms with van der Waals surface area (Å²) in [5.41, 5.74) is 8.01. The number of anilines is 1. The van der Waals surface area contributed by atoms with E-state index in [2.05, 4.69) is 36.1 Å². The van der Waals surface area contributed by atoms with Crippen molar-refractivity contribution in [3.63, 3.8) is 0 Å². The number of rotatable bonds is 4. The van der Waals surface area contributed by atoms with E-state index in [0.717, 1.165) is 19.3 Å². The van der Waals surface area contributed by atoms with Gasteiger partial charge in [-0.25, -0.2) is 0 Å². The third-order valence-electron chi connectivity index (χ3n) is 5.13. The number of nitrogens with two attached hydrogens (primary N) is 1. The van der Waals surface area contributed by atoms with Crippen LogP contribution in [0.4, 0.5) is 5.69 Å². The van der Waals surface area contributed by atoms with E-state index in [0.29, 0.717) is 32.0 Å². The second kappa shape index (κ2) is 6.60. The van der Waals surface area contributed by atoms with Crippen molar-refractivity contribution < 1.29 is 9.59 Å². The summed E-state index contributed by atoms with van der Waals surface area (Å²) in [7, 11) is 0. The molecule has 1 saturated heterocycles. The minimum atomic E-state index is -0.409. The molecule has 0 radical (unpaired) electrons. The molecule has 5 heteroatoms. The maximum atomic E-state index is 12.5. The standard InChI is InChI=1S/C18H25N3O2/c1-13-8-9-14-5-2-3-6-15(14)20(13)12-10-17(22)21-11-4-7-16(21)18(19)23/h2-3,5-6,13,16H,4,7-12H2,1H3,(H2,19,23). The van der Waals surface area contributed by atoms with Crippen molar-refractivity contribution in [2.24, 2.45) is 5.73 Å². The third kappa shape index (κ3) is 3.19. The number of hydrogen-bond acceptors (Lipinski definition) is 3. The normalized spacial score (nSPS) is 23.7. The molecule has 1 aromatic carbocycles. The van der Waals surface area contributed by atoms with Crippen molar-refractivity contribution in [1.82, 2.24) is 4.90 Å². The Morgan fingerprint density at radius 3 is 2.83 bits per heavy atom. The molecule has 3 rings (SSSR count). The van der Waals surface area contributed by atoms with Crippen LogP contribution in [0, 0.1) is 0 Å². The zero-order valence-corrected chi connectivity index (χ0v) is 13.7. The maximum absolute atomic E-state index is 12.5. The van der Waals surface area contributed by atoms with Crippen LogP contribution in [0.25, 0.3) is 0 Å². The summed E-state index contributed by atoms with van der Waals surface area (Å²) in [5.74, 6) is -0.339. The number of amides is 2. The average Bonchev–Trinajstić information content (AvgIpc) is 3.03. The van der Waals surface area contributed by atoms with Crippen molar-refractivity contribution in [2.75, 3.05) is 18.0 Å². The first-order chi connectivity index (χ1) is 11.1. The second-order valence-corrected chi connectivity index (χ2v) is 6.61. The highest BCUT2D eigenvalue weighted by Crippen LogP contribution is 2.30. The van der Waals surface area contributed by atoms with Gasteiger partial charge >= 0.3 is 0 Å². The van der Waals surface area contributed by atoms with Crippen molar-refractivity contribution >= 4 is 17.5 Å². The van der Waals surface area contributed by atoms with Gasteiger partial charge in [-0.2, -0.15) is 0 Å². The van der Waals surface area contributed by atoms with Gasteiger partial charge in [0.2, 0.25) is 11.8 Å². The fraction of sp³-hybridized carbons (Fsp3) is 0.556. The number of likely N-dealkylation sites (tertiary alicyclic amines) is 1. The quantitative estimate of drug-likeness (QED) is 0.919. The number of benzene rings is 1. The molecule has 0 saturated carbocycles. The summed E-state index contributed by atoms with van der Waals surface area (Å²) >= 11 is 0. The minimum absolute atomic E-state index is 0.0431. The number of fused-ring (bicyclic) bond motifs is 1. The molecule has 0 spiro atoms. The molecule has 2 amide bonds. The predicted molar refractivity (Wildman–Crippen MR) is 90.1 cm³/mol. The van der Waals surface area contributed by atoms with E-state index in [1.165, 1.54) is 11.3 Å². The Kier molecular flexibility index (Phi) is 4.55. The predicted octanol–water partition coefficient (Wildman–Crippen LogP) is 1.69. The van der Waals surface area contributed by atoms with E-state index in [9.17, 15) is 9.59 Å². The van der Waals surface area contributed by atoms with Gasteiger partial charge in [0.15, 0.2) is 0 Å². The number of aryl methyl sites for hydroxylation is 1. The molecular weight excluding hydrogens is 290 g/mol. The van der Waals surface area contributed by atoms with Gasteiger partial charge in [0.1, 0.15) is 6.04 Å². The summed E-state index contributed by atoms with van der Waals surface area (Å²) in [6.45, 7) is 3.56. The first-order valence-corrected chi connectivity index (χ1v) is 8.51. The molecule has 5 nitrogen and oxygen atoms in total. The molecule has 2 aliphatic rings. The van der Waals surface area contributed by atoms with Gasteiger partial charge in [-0.3, -0.25) is 9.59 Å². The minimum Gasteiger partial charge on any atom is -0.368 e. The molecule has 2 atom stereocenters. The largest absolute Gasteiger partial charge is 0.368 e. The van der Waals surface area contributed by atoms with Crippen LogP contribution in [0.3, 0.4) is 0 Å². The lowest BCUT2D eigenvalue weighted by atomic mass is 9.96. The summed E-state index contributed by atoms with van der Waals surface area (Å²) in [5, 5.41) is 0. The van der Waals surface area contributed by atoms with Gasteiger partial charge in [0, 0.05) is 31.2 Å². The van der Waals surface area contributed by atoms with Crippen LogP contribution in [0.1, 0.15) is 38.2 Å². The molecule has 0 aromatic heterocycles. The highest BCUT2D eigenvalue weighted by atomic mass is 16.2. The van der Waals surface area contributed by atoms with Crippen molar-refractivity contribution in [3.8, 4) is 0 Å². The van der Waals surface area contributed by atoms with Crippen molar-refractivity contribution in [1.29, 1.82) is 0 Å². The number of nitrogens with zero attached hydrogens (tertiary/aromatic N) is 2. The summed E-state index contributed by atoms with van der Waals surface area (Å²) in [6, 6.07) is 8.45. The molecule has 2 N–H and O–H groups in total. The van der Waals surface area contributed by atoms with E-state index < -0.39 is 6.04 Å². The lowest BCUT2D eigenvalue weighted by Gasteiger charge is -2.37. The molecule has 0 aliphatic carbocycles. The molecular formula is C18H25N3O2. The Morgan fingerprint density at radius 2 is 2.04 bits per heavy atom. The summed E-state index contributed by atoms with van der Waals surface area (Å²) < 4.78 is 0. The average molecular weight is 315 g/mol. The van der Waals surface area contributed by atoms with E-state index >= 15 is 0 Å². The second-order valence-electron chi connectivity index (χ2n) is 6.61. The molecule has 2 unspecified atom stereocenters. The Bertz CT molecular complexity index is 602. The summed E-state index contributed by atoms with van der Waals surface area (Å²) in [4.78, 5) is 28.0. The molecule has 1 aromatic rings. The van der Waals surface area contributed by atoms with Crippen LogP contribution in [-0.4, -0.2) is 41.9 Å². The maximum Gasteiger partial charge on any atom is 0.240 e. The lowest BCUT2D eigenvalue weighted by Crippen LogP contribution is -2.45. The SMILES string of the molecule is CC1CCc2ccccc2N1CCC(=O)N1CCCC1C(N)=O. The number of hydrogen-bond donors (Lipinski definition) is 1. The van der Waals surface area contributed by atoms with Crippen LogP contribution in [0.2, 0.25) is 0 Å². The smallest absolute Gasteiger partial charge is 0.240 e. The van der Waals surface area contributed by atoms with Gasteiger partial charge in [0.25, 0.3) is 0 Å². The number of primary amides is 1. The van der Waals surface area contributed by atoms with Crippen LogP contribution >= 0.6 is 0 Å². The topological polar surface area (TPSA) is 66.6 Å². The zero-order valence-electron chi connectivity index (χ0n) is 13.7. The van der Waals surface area contributed by atoms with E-state index in [1.54, 1.807) is 4.90 Å². The van der Waals surface area contributed by atoms with Gasteiger partial charge in [-0.05, 0) is 44.2 Å². The van der Waals surface area contributed by atoms with E-state index in [1.807, 2.05) is 0 Å². The van der Waals surface area contributed by atoms with E-state index in [4.69, 9.17) is 5.73 Å². The first-order valence-electron chi connectivity index (χ1n) is 8.51. The Labute approximate surface area is 137 Å². The zero-order chi connectivity index (χ0) is 16.4. The van der Waals surface area contributed by atoms with Gasteiger partial charge in [-0.15, -0.1) is 0 Å². The lowest BCUT2D eigenvalue weighted by molar-refractivity contribution is -0.137. The van der Waals surface area contributed by atoms with Gasteiger partial charge in [-0.1, -0.05) is 18.2 Å². The van der Waals surface area contributed by atoms with Gasteiger partial charge in [0.05, 0.1) is 0 Å². The van der Waals surface area contributed by atoms with Crippen LogP contribution in [0.15, 0.2) is 24.3 Å². The fourth-order valence-corrected chi connectivity index (χ4v) is 3.82.